The molecule has 132 valence electrons. The Morgan fingerprint density at radius 1 is 1.16 bits per heavy atom. The molecule has 1 aromatic carbocycles. The van der Waals surface area contributed by atoms with Crippen molar-refractivity contribution in [2.45, 2.75) is 63.7 Å². The maximum atomic E-state index is 12.6. The van der Waals surface area contributed by atoms with E-state index in [0.717, 1.165) is 24.9 Å². The van der Waals surface area contributed by atoms with Gasteiger partial charge in [-0.2, -0.15) is 0 Å². The number of rotatable bonds is 4. The van der Waals surface area contributed by atoms with E-state index < -0.39 is 0 Å². The molecule has 4 heteroatoms. The summed E-state index contributed by atoms with van der Waals surface area (Å²) in [4.78, 5) is 16.7. The molecule has 2 aliphatic rings. The summed E-state index contributed by atoms with van der Waals surface area (Å²) in [7, 11) is 0. The summed E-state index contributed by atoms with van der Waals surface area (Å²) in [5.41, 5.74) is 1.96. The van der Waals surface area contributed by atoms with Gasteiger partial charge in [-0.25, -0.2) is 0 Å². The summed E-state index contributed by atoms with van der Waals surface area (Å²) in [5.74, 6) is 0.0785. The number of carbonyl (C=O) groups is 1. The smallest absolute Gasteiger partial charge is 0.251 e. The number of piperidine rings is 2. The molecule has 1 amide bonds. The maximum Gasteiger partial charge on any atom is 0.251 e. The van der Waals surface area contributed by atoms with E-state index in [0.29, 0.717) is 18.1 Å². The lowest BCUT2D eigenvalue weighted by Crippen LogP contribution is -2.56. The minimum Gasteiger partial charge on any atom is -0.349 e. The fourth-order valence-corrected chi connectivity index (χ4v) is 5.12. The Labute approximate surface area is 154 Å². The van der Waals surface area contributed by atoms with Crippen LogP contribution in [-0.2, 0) is 6.54 Å². The highest BCUT2D eigenvalue weighted by atomic mass is 32.1. The van der Waals surface area contributed by atoms with Crippen LogP contribution in [0.15, 0.2) is 41.8 Å². The van der Waals surface area contributed by atoms with Gasteiger partial charge in [0.15, 0.2) is 0 Å². The third kappa shape index (κ3) is 3.80. The number of hydrogen-bond acceptors (Lipinski definition) is 3. The van der Waals surface area contributed by atoms with E-state index in [1.165, 1.54) is 29.7 Å². The number of amides is 1. The second-order valence-electron chi connectivity index (χ2n) is 7.50. The number of aryl methyl sites for hydroxylation is 1. The first-order valence-electron chi connectivity index (χ1n) is 9.35. The molecule has 0 spiro atoms. The number of nitrogens with one attached hydrogen (secondary N) is 1. The number of carbonyl (C=O) groups excluding carboxylic acids is 1. The van der Waals surface area contributed by atoms with Crippen molar-refractivity contribution in [1.82, 2.24) is 10.2 Å². The van der Waals surface area contributed by atoms with Gasteiger partial charge in [-0.3, -0.25) is 9.69 Å². The fourth-order valence-electron chi connectivity index (χ4n) is 4.41. The first-order chi connectivity index (χ1) is 12.2. The summed E-state index contributed by atoms with van der Waals surface area (Å²) in [6.45, 7) is 3.12. The van der Waals surface area contributed by atoms with Crippen molar-refractivity contribution in [3.8, 4) is 0 Å². The van der Waals surface area contributed by atoms with Crippen molar-refractivity contribution >= 4 is 17.2 Å². The summed E-state index contributed by atoms with van der Waals surface area (Å²) in [6, 6.07) is 13.8. The average molecular weight is 355 g/mol. The Kier molecular flexibility index (Phi) is 4.91. The molecule has 0 aliphatic carbocycles. The summed E-state index contributed by atoms with van der Waals surface area (Å²) in [5, 5.41) is 5.47. The third-order valence-electron chi connectivity index (χ3n) is 5.69. The Morgan fingerprint density at radius 3 is 2.52 bits per heavy atom. The van der Waals surface area contributed by atoms with Crippen LogP contribution in [0.3, 0.4) is 0 Å². The predicted octanol–water partition coefficient (Wildman–Crippen LogP) is 4.37. The zero-order valence-corrected chi connectivity index (χ0v) is 15.6. The SMILES string of the molecule is Cc1ccc(C(=O)NC2CC3CCCC(C2)N3Cc2cccs2)cc1. The van der Waals surface area contributed by atoms with Crippen molar-refractivity contribution in [3.05, 3.63) is 57.8 Å². The molecule has 2 aromatic rings. The minimum atomic E-state index is 0.0785. The first kappa shape index (κ1) is 16.8. The number of thiophene rings is 1. The van der Waals surface area contributed by atoms with Crippen LogP contribution in [0.25, 0.3) is 0 Å². The second kappa shape index (κ2) is 7.30. The predicted molar refractivity (Wildman–Crippen MR) is 103 cm³/mol. The van der Waals surface area contributed by atoms with Crippen molar-refractivity contribution in [2.24, 2.45) is 0 Å². The van der Waals surface area contributed by atoms with E-state index >= 15 is 0 Å². The number of benzene rings is 1. The van der Waals surface area contributed by atoms with E-state index in [-0.39, 0.29) is 5.91 Å². The Morgan fingerprint density at radius 2 is 1.88 bits per heavy atom. The third-order valence-corrected chi connectivity index (χ3v) is 6.55. The van der Waals surface area contributed by atoms with Crippen molar-refractivity contribution in [2.75, 3.05) is 0 Å². The molecule has 2 unspecified atom stereocenters. The van der Waals surface area contributed by atoms with Crippen LogP contribution in [0.1, 0.15) is 52.9 Å². The largest absolute Gasteiger partial charge is 0.349 e. The lowest BCUT2D eigenvalue weighted by atomic mass is 9.81. The van der Waals surface area contributed by atoms with Crippen LogP contribution >= 0.6 is 11.3 Å². The van der Waals surface area contributed by atoms with Crippen molar-refractivity contribution in [1.29, 1.82) is 0 Å². The van der Waals surface area contributed by atoms with Gasteiger partial charge < -0.3 is 5.32 Å². The summed E-state index contributed by atoms with van der Waals surface area (Å²) in [6.07, 6.45) is 6.02. The van der Waals surface area contributed by atoms with Crippen LogP contribution in [0.5, 0.6) is 0 Å². The molecule has 4 rings (SSSR count). The molecule has 2 aliphatic heterocycles. The van der Waals surface area contributed by atoms with Gasteiger partial charge in [0.1, 0.15) is 0 Å². The number of fused-ring (bicyclic) bond motifs is 2. The van der Waals surface area contributed by atoms with Crippen molar-refractivity contribution < 1.29 is 4.79 Å². The lowest BCUT2D eigenvalue weighted by molar-refractivity contribution is 0.0184. The molecule has 0 saturated carbocycles. The average Bonchev–Trinajstić information content (AvgIpc) is 3.09. The normalized spacial score (nSPS) is 26.4. The Bertz CT molecular complexity index is 696. The minimum absolute atomic E-state index is 0.0785. The first-order valence-corrected chi connectivity index (χ1v) is 10.2. The Hall–Kier alpha value is -1.65. The van der Waals surface area contributed by atoms with Crippen molar-refractivity contribution in [3.63, 3.8) is 0 Å². The summed E-state index contributed by atoms with van der Waals surface area (Å²) < 4.78 is 0. The van der Waals surface area contributed by atoms with E-state index in [4.69, 9.17) is 0 Å². The molecular weight excluding hydrogens is 328 g/mol. The van der Waals surface area contributed by atoms with E-state index in [1.54, 1.807) is 0 Å². The van der Waals surface area contributed by atoms with Crippen LogP contribution in [0, 0.1) is 6.92 Å². The molecule has 2 atom stereocenters. The molecule has 2 fully saturated rings. The highest BCUT2D eigenvalue weighted by Crippen LogP contribution is 2.35. The molecule has 3 nitrogen and oxygen atoms in total. The van der Waals surface area contributed by atoms with Gasteiger partial charge in [0, 0.05) is 35.1 Å². The van der Waals surface area contributed by atoms with E-state index in [2.05, 4.69) is 27.7 Å². The molecule has 2 saturated heterocycles. The van der Waals surface area contributed by atoms with Crippen LogP contribution < -0.4 is 5.32 Å². The zero-order valence-electron chi connectivity index (χ0n) is 14.8. The zero-order chi connectivity index (χ0) is 17.2. The van der Waals surface area contributed by atoms with Crippen LogP contribution in [0.4, 0.5) is 0 Å². The number of nitrogens with zero attached hydrogens (tertiary/aromatic N) is 1. The van der Waals surface area contributed by atoms with Gasteiger partial charge in [0.25, 0.3) is 5.91 Å². The molecule has 3 heterocycles. The van der Waals surface area contributed by atoms with Crippen LogP contribution in [0.2, 0.25) is 0 Å². The molecule has 25 heavy (non-hydrogen) atoms. The van der Waals surface area contributed by atoms with Gasteiger partial charge in [-0.1, -0.05) is 30.2 Å². The Balaban J connectivity index is 1.40. The van der Waals surface area contributed by atoms with Gasteiger partial charge in [0.2, 0.25) is 0 Å². The van der Waals surface area contributed by atoms with Gasteiger partial charge >= 0.3 is 0 Å². The monoisotopic (exact) mass is 354 g/mol. The van der Waals surface area contributed by atoms with Gasteiger partial charge in [-0.15, -0.1) is 11.3 Å². The molecule has 2 bridgehead atoms. The summed E-state index contributed by atoms with van der Waals surface area (Å²) >= 11 is 1.85. The molecule has 0 radical (unpaired) electrons. The maximum absolute atomic E-state index is 12.6. The quantitative estimate of drug-likeness (QED) is 0.884. The van der Waals surface area contributed by atoms with E-state index in [9.17, 15) is 4.79 Å². The molecular formula is C21H26N2OS. The highest BCUT2D eigenvalue weighted by Gasteiger charge is 2.38. The standard InChI is InChI=1S/C21H26N2OS/c1-15-7-9-16(10-8-15)21(24)22-17-12-18-4-2-5-19(13-17)23(18)14-20-6-3-11-25-20/h3,6-11,17-19H,2,4-5,12-14H2,1H3,(H,22,24). The molecule has 1 aromatic heterocycles. The van der Waals surface area contributed by atoms with Gasteiger partial charge in [0.05, 0.1) is 0 Å². The number of hydrogen-bond donors (Lipinski definition) is 1. The van der Waals surface area contributed by atoms with E-state index in [1.807, 2.05) is 42.5 Å². The topological polar surface area (TPSA) is 32.3 Å². The van der Waals surface area contributed by atoms with Gasteiger partial charge in [-0.05, 0) is 56.2 Å². The molecule has 1 N–H and O–H groups in total. The fraction of sp³-hybridized carbons (Fsp3) is 0.476. The lowest BCUT2D eigenvalue weighted by Gasteiger charge is -2.49. The second-order valence-corrected chi connectivity index (χ2v) is 8.53. The van der Waals surface area contributed by atoms with Crippen LogP contribution in [-0.4, -0.2) is 28.9 Å². The highest BCUT2D eigenvalue weighted by molar-refractivity contribution is 7.09.